The van der Waals surface area contributed by atoms with Gasteiger partial charge in [0.15, 0.2) is 0 Å². The molecule has 83 heavy (non-hydrogen) atoms. The monoisotopic (exact) mass is 1180 g/mol. The van der Waals surface area contributed by atoms with Gasteiger partial charge in [-0.05, 0) is 71.5 Å². The van der Waals surface area contributed by atoms with Crippen molar-refractivity contribution < 1.29 is 87.9 Å². The Morgan fingerprint density at radius 1 is 0.506 bits per heavy atom. The smallest absolute Gasteiger partial charge is 0.322 e. The van der Waals surface area contributed by atoms with Crippen LogP contribution in [0.3, 0.4) is 0 Å². The molecule has 11 atom stereocenters. The molecule has 1 aromatic heterocycles. The van der Waals surface area contributed by atoms with E-state index < -0.39 is 169 Å². The molecule has 33 heteroatoms. The lowest BCUT2D eigenvalue weighted by molar-refractivity contribution is -0.142. The van der Waals surface area contributed by atoms with Crippen LogP contribution in [-0.2, 0) is 75.2 Å². The molecular formula is C50H77N15O18. The zero-order valence-corrected chi connectivity index (χ0v) is 46.0. The number of aliphatic carboxylic acids is 3. The number of rotatable bonds is 39. The number of aromatic amines is 1. The van der Waals surface area contributed by atoms with E-state index in [2.05, 4.69) is 57.8 Å². The number of nitrogens with zero attached hydrogens (tertiary/aromatic N) is 1. The summed E-state index contributed by atoms with van der Waals surface area (Å²) >= 11 is 0. The Hall–Kier alpha value is -8.66. The zero-order chi connectivity index (χ0) is 62.3. The van der Waals surface area contributed by atoms with Crippen molar-refractivity contribution in [2.24, 2.45) is 17.2 Å². The molecule has 0 saturated heterocycles. The van der Waals surface area contributed by atoms with Gasteiger partial charge in [0.2, 0.25) is 59.1 Å². The van der Waals surface area contributed by atoms with Gasteiger partial charge in [0, 0.05) is 24.7 Å². The van der Waals surface area contributed by atoms with E-state index in [1.165, 1.54) is 19.4 Å². The summed E-state index contributed by atoms with van der Waals surface area (Å²) in [7, 11) is 0. The first-order valence-electron chi connectivity index (χ1n) is 26.3. The van der Waals surface area contributed by atoms with E-state index in [0.29, 0.717) is 31.4 Å². The van der Waals surface area contributed by atoms with Crippen LogP contribution in [0, 0.1) is 0 Å². The molecule has 0 aliphatic heterocycles. The van der Waals surface area contributed by atoms with Crippen molar-refractivity contribution >= 4 is 77.0 Å². The number of amides is 10. The second kappa shape index (κ2) is 36.6. The molecule has 0 aliphatic rings. The normalized spacial score (nSPS) is 14.9. The molecule has 33 nitrogen and oxygen atoms in total. The zero-order valence-electron chi connectivity index (χ0n) is 46.0. The maximum absolute atomic E-state index is 13.9. The minimum absolute atomic E-state index is 0.0613. The maximum Gasteiger partial charge on any atom is 0.322 e. The summed E-state index contributed by atoms with van der Waals surface area (Å²) < 4.78 is 0. The van der Waals surface area contributed by atoms with E-state index in [1.807, 2.05) is 5.32 Å². The number of aromatic nitrogens is 2. The fourth-order valence-corrected chi connectivity index (χ4v) is 7.67. The molecule has 0 unspecified atom stereocenters. The number of nitrogens with one attached hydrogen (secondary N) is 11. The standard InChI is InChI=1S/C50H77N15O18/c1-25(58-46(79)31(14-8-10-16-52)59-48(81)35(20-38(71)72)60-43(76)30(53)13-7-9-15-51)42(75)65-41(27(3)67)50(83)62-32(17-28-11-5-4-6-12-28)44(77)55-22-36(68)64-40(26(2)66)49(82)63-33(18-29-21-54-24-57-29)47(80)61-34(19-37(69)70)45(78)56-23-39(73)74/h4-6,11-12,21,24-27,30-35,40-41,66-67H,7-10,13-20,22-23,51-53H2,1-3H3,(H,54,57)(H,55,77)(H,56,78)(H,58,79)(H,59,81)(H,60,76)(H,61,80)(H,62,83)(H,63,82)(H,64,68)(H,65,75)(H,69,70)(H,71,72)(H,73,74)/t25-,26+,27+,30-,31-,32-,33-,34-,35-,40-,41-/m0/s1. The second-order valence-corrected chi connectivity index (χ2v) is 19.2. The van der Waals surface area contributed by atoms with Gasteiger partial charge < -0.3 is 101 Å². The van der Waals surface area contributed by atoms with Gasteiger partial charge >= 0.3 is 17.9 Å². The molecule has 0 fully saturated rings. The third kappa shape index (κ3) is 26.7. The van der Waals surface area contributed by atoms with Gasteiger partial charge in [-0.3, -0.25) is 62.3 Å². The third-order valence-corrected chi connectivity index (χ3v) is 12.2. The molecular weight excluding hydrogens is 1100 g/mol. The van der Waals surface area contributed by atoms with E-state index in [9.17, 15) is 82.8 Å². The van der Waals surface area contributed by atoms with Crippen LogP contribution >= 0.6 is 0 Å². The number of benzene rings is 1. The lowest BCUT2D eigenvalue weighted by atomic mass is 10.0. The summed E-state index contributed by atoms with van der Waals surface area (Å²) in [5.74, 6) is -15.1. The minimum Gasteiger partial charge on any atom is -0.481 e. The van der Waals surface area contributed by atoms with E-state index in [0.717, 1.165) is 13.8 Å². The highest BCUT2D eigenvalue weighted by atomic mass is 16.4. The first kappa shape index (κ1) is 70.4. The van der Waals surface area contributed by atoms with Crippen LogP contribution in [0.1, 0.15) is 83.4 Å². The van der Waals surface area contributed by atoms with E-state index in [1.54, 1.807) is 30.3 Å². The van der Waals surface area contributed by atoms with Gasteiger partial charge in [-0.15, -0.1) is 0 Å². The molecule has 0 saturated carbocycles. The van der Waals surface area contributed by atoms with Crippen LogP contribution < -0.4 is 70.4 Å². The predicted molar refractivity (Wildman–Crippen MR) is 289 cm³/mol. The molecule has 1 heterocycles. The van der Waals surface area contributed by atoms with Crippen molar-refractivity contribution in [2.75, 3.05) is 26.2 Å². The van der Waals surface area contributed by atoms with Crippen LogP contribution in [0.2, 0.25) is 0 Å². The predicted octanol–water partition coefficient (Wildman–Crippen LogP) is -7.29. The summed E-state index contributed by atoms with van der Waals surface area (Å²) in [6.45, 7) is 2.15. The van der Waals surface area contributed by atoms with Crippen LogP contribution in [-0.4, -0.2) is 205 Å². The van der Waals surface area contributed by atoms with Crippen molar-refractivity contribution in [3.05, 3.63) is 54.1 Å². The summed E-state index contributed by atoms with van der Waals surface area (Å²) in [6.07, 6.45) is -1.51. The number of hydrogen-bond donors (Lipinski definition) is 19. The molecule has 0 aliphatic carbocycles. The van der Waals surface area contributed by atoms with Crippen LogP contribution in [0.25, 0.3) is 0 Å². The molecule has 0 radical (unpaired) electrons. The number of aliphatic hydroxyl groups is 2. The Kier molecular flexibility index (Phi) is 31.1. The van der Waals surface area contributed by atoms with E-state index >= 15 is 0 Å². The summed E-state index contributed by atoms with van der Waals surface area (Å²) in [4.78, 5) is 175. The number of carbonyl (C=O) groups is 13. The highest BCUT2D eigenvalue weighted by Gasteiger charge is 2.36. The summed E-state index contributed by atoms with van der Waals surface area (Å²) in [5, 5.41) is 72.0. The third-order valence-electron chi connectivity index (χ3n) is 12.2. The lowest BCUT2D eigenvalue weighted by Crippen LogP contribution is -2.61. The number of aliphatic hydroxyl groups excluding tert-OH is 2. The summed E-state index contributed by atoms with van der Waals surface area (Å²) in [5.41, 5.74) is 17.8. The van der Waals surface area contributed by atoms with Gasteiger partial charge in [0.1, 0.15) is 54.9 Å². The van der Waals surface area contributed by atoms with Crippen molar-refractivity contribution in [3.8, 4) is 0 Å². The number of hydrogen-bond acceptors (Lipinski definition) is 19. The Balaban J connectivity index is 2.26. The fourth-order valence-electron chi connectivity index (χ4n) is 7.67. The SMILES string of the molecule is C[C@H](NC(=O)[C@H](CCCCN)NC(=O)[C@H](CC(=O)O)NC(=O)[C@@H](N)CCCCN)C(=O)N[C@H](C(=O)N[C@@H](Cc1ccccc1)C(=O)NCC(=O)N[C@H](C(=O)N[C@@H](Cc1cnc[nH]1)C(=O)N[C@@H](CC(=O)O)C(=O)NCC(=O)O)[C@@H](C)O)[C@@H](C)O. The van der Waals surface area contributed by atoms with Gasteiger partial charge in [-0.2, -0.15) is 0 Å². The number of carboxylic acids is 3. The Labute approximate surface area is 475 Å². The van der Waals surface area contributed by atoms with Gasteiger partial charge in [-0.1, -0.05) is 36.8 Å². The maximum atomic E-state index is 13.9. The van der Waals surface area contributed by atoms with Gasteiger partial charge in [0.05, 0.1) is 44.0 Å². The van der Waals surface area contributed by atoms with Crippen molar-refractivity contribution in [1.82, 2.24) is 63.1 Å². The van der Waals surface area contributed by atoms with Gasteiger partial charge in [-0.25, -0.2) is 4.98 Å². The second-order valence-electron chi connectivity index (χ2n) is 19.2. The average molecular weight is 1180 g/mol. The molecule has 0 spiro atoms. The Bertz CT molecular complexity index is 2520. The Morgan fingerprint density at radius 3 is 1.51 bits per heavy atom. The quantitative estimate of drug-likeness (QED) is 0.0277. The van der Waals surface area contributed by atoms with Gasteiger partial charge in [0.25, 0.3) is 0 Å². The van der Waals surface area contributed by atoms with E-state index in [4.69, 9.17) is 22.3 Å². The minimum atomic E-state index is -1.84. The molecule has 22 N–H and O–H groups in total. The molecule has 2 aromatic rings. The van der Waals surface area contributed by atoms with Crippen LogP contribution in [0.4, 0.5) is 0 Å². The molecule has 0 bridgehead atoms. The number of imidazole rings is 1. The van der Waals surface area contributed by atoms with Crippen molar-refractivity contribution in [1.29, 1.82) is 0 Å². The average Bonchev–Trinajstić information content (AvgIpc) is 3.99. The Morgan fingerprint density at radius 2 is 0.976 bits per heavy atom. The van der Waals surface area contributed by atoms with Crippen LogP contribution in [0.5, 0.6) is 0 Å². The lowest BCUT2D eigenvalue weighted by Gasteiger charge is -2.27. The molecule has 460 valence electrons. The highest BCUT2D eigenvalue weighted by molar-refractivity contribution is 5.99. The van der Waals surface area contributed by atoms with E-state index in [-0.39, 0.29) is 44.3 Å². The largest absolute Gasteiger partial charge is 0.481 e. The molecule has 1 aromatic carbocycles. The topological polar surface area (TPSA) is 550 Å². The molecule has 10 amide bonds. The number of carboxylic acid groups (broad SMARTS) is 3. The molecule has 2 rings (SSSR count). The van der Waals surface area contributed by atoms with Crippen LogP contribution in [0.15, 0.2) is 42.9 Å². The van der Waals surface area contributed by atoms with Crippen molar-refractivity contribution in [2.45, 2.75) is 152 Å². The fraction of sp³-hybridized carbons (Fsp3) is 0.560. The first-order valence-corrected chi connectivity index (χ1v) is 26.3. The summed E-state index contributed by atoms with van der Waals surface area (Å²) in [6, 6.07) is -6.23. The number of carbonyl (C=O) groups excluding carboxylic acids is 10. The first-order chi connectivity index (χ1) is 39.2. The number of H-pyrrole nitrogens is 1. The highest BCUT2D eigenvalue weighted by Crippen LogP contribution is 2.09. The number of nitrogens with two attached hydrogens (primary N) is 3. The van der Waals surface area contributed by atoms with Crippen molar-refractivity contribution in [3.63, 3.8) is 0 Å². The number of unbranched alkanes of at least 4 members (excludes halogenated alkanes) is 2.